The van der Waals surface area contributed by atoms with E-state index >= 15 is 0 Å². The van der Waals surface area contributed by atoms with Gasteiger partial charge in [-0.3, -0.25) is 9.59 Å². The van der Waals surface area contributed by atoms with Crippen LogP contribution in [0.1, 0.15) is 45.2 Å². The van der Waals surface area contributed by atoms with Crippen LogP contribution in [0.25, 0.3) is 5.70 Å². The lowest BCUT2D eigenvalue weighted by atomic mass is 10.1. The standard InChI is InChI=1S/C14H16N2O2S/c1-8(7-15)13-10-6-12(9(2)17)19-14(10)11(18)4-5-16(13)3/h6-7,15H,4-5H2,1-3H3/b13-8-,15-7?. The summed E-state index contributed by atoms with van der Waals surface area (Å²) in [4.78, 5) is 26.9. The summed E-state index contributed by atoms with van der Waals surface area (Å²) in [6, 6.07) is 1.78. The van der Waals surface area contributed by atoms with Gasteiger partial charge in [-0.2, -0.15) is 0 Å². The van der Waals surface area contributed by atoms with Crippen LogP contribution < -0.4 is 0 Å². The molecule has 0 amide bonds. The lowest BCUT2D eigenvalue weighted by Crippen LogP contribution is -2.18. The van der Waals surface area contributed by atoms with Crippen LogP contribution in [-0.4, -0.2) is 36.3 Å². The second-order valence-corrected chi connectivity index (χ2v) is 5.73. The number of hydrogen-bond acceptors (Lipinski definition) is 5. The first-order valence-electron chi connectivity index (χ1n) is 6.06. The van der Waals surface area contributed by atoms with Crippen molar-refractivity contribution in [2.45, 2.75) is 20.3 Å². The Morgan fingerprint density at radius 2 is 2.16 bits per heavy atom. The van der Waals surface area contributed by atoms with E-state index in [-0.39, 0.29) is 11.6 Å². The molecule has 0 unspecified atom stereocenters. The maximum atomic E-state index is 12.1. The van der Waals surface area contributed by atoms with Gasteiger partial charge in [0.15, 0.2) is 11.6 Å². The van der Waals surface area contributed by atoms with Crippen LogP contribution in [0, 0.1) is 5.41 Å². The van der Waals surface area contributed by atoms with Crippen LogP contribution in [0.15, 0.2) is 11.6 Å². The van der Waals surface area contributed by atoms with Crippen molar-refractivity contribution in [2.75, 3.05) is 13.6 Å². The molecule has 2 rings (SSSR count). The molecule has 1 aromatic heterocycles. The highest BCUT2D eigenvalue weighted by Crippen LogP contribution is 2.35. The van der Waals surface area contributed by atoms with Crippen molar-refractivity contribution in [1.82, 2.24) is 4.90 Å². The van der Waals surface area contributed by atoms with Crippen molar-refractivity contribution in [3.63, 3.8) is 0 Å². The van der Waals surface area contributed by atoms with Crippen molar-refractivity contribution in [1.29, 1.82) is 5.41 Å². The van der Waals surface area contributed by atoms with Crippen LogP contribution in [0.5, 0.6) is 0 Å². The Bertz CT molecular complexity index is 599. The summed E-state index contributed by atoms with van der Waals surface area (Å²) in [7, 11) is 1.91. The lowest BCUT2D eigenvalue weighted by molar-refractivity contribution is 0.0981. The summed E-state index contributed by atoms with van der Waals surface area (Å²) in [6.45, 7) is 3.99. The Morgan fingerprint density at radius 1 is 1.47 bits per heavy atom. The quantitative estimate of drug-likeness (QED) is 0.667. The second-order valence-electron chi connectivity index (χ2n) is 4.68. The number of carbonyl (C=O) groups is 2. The molecule has 0 radical (unpaired) electrons. The van der Waals surface area contributed by atoms with E-state index in [1.54, 1.807) is 6.07 Å². The Balaban J connectivity index is 2.71. The first-order chi connectivity index (χ1) is 8.95. The molecular weight excluding hydrogens is 260 g/mol. The van der Waals surface area contributed by atoms with Gasteiger partial charge in [-0.05, 0) is 25.5 Å². The topological polar surface area (TPSA) is 61.2 Å². The van der Waals surface area contributed by atoms with E-state index in [4.69, 9.17) is 5.41 Å². The van der Waals surface area contributed by atoms with Gasteiger partial charge in [-0.15, -0.1) is 11.3 Å². The number of hydrogen-bond donors (Lipinski definition) is 1. The average Bonchev–Trinajstić information content (AvgIpc) is 2.76. The monoisotopic (exact) mass is 276 g/mol. The Hall–Kier alpha value is -1.75. The number of nitrogens with zero attached hydrogens (tertiary/aromatic N) is 1. The molecule has 100 valence electrons. The van der Waals surface area contributed by atoms with Crippen molar-refractivity contribution in [3.8, 4) is 0 Å². The van der Waals surface area contributed by atoms with Crippen LogP contribution in [-0.2, 0) is 0 Å². The Morgan fingerprint density at radius 3 is 2.74 bits per heavy atom. The molecule has 19 heavy (non-hydrogen) atoms. The van der Waals surface area contributed by atoms with Crippen LogP contribution in [0.3, 0.4) is 0 Å². The minimum Gasteiger partial charge on any atom is -0.373 e. The van der Waals surface area contributed by atoms with Crippen molar-refractivity contribution in [3.05, 3.63) is 27.0 Å². The summed E-state index contributed by atoms with van der Waals surface area (Å²) in [5, 5.41) is 7.43. The van der Waals surface area contributed by atoms with E-state index in [0.29, 0.717) is 22.7 Å². The predicted molar refractivity (Wildman–Crippen MR) is 77.3 cm³/mol. The summed E-state index contributed by atoms with van der Waals surface area (Å²) in [5.74, 6) is 0.0486. The minimum atomic E-state index is -0.0274. The zero-order valence-corrected chi connectivity index (χ0v) is 12.1. The zero-order valence-electron chi connectivity index (χ0n) is 11.2. The molecule has 0 aromatic carbocycles. The normalized spacial score (nSPS) is 17.8. The molecule has 0 saturated heterocycles. The molecule has 0 saturated carbocycles. The van der Waals surface area contributed by atoms with E-state index in [0.717, 1.165) is 16.8 Å². The van der Waals surface area contributed by atoms with Gasteiger partial charge in [0.25, 0.3) is 0 Å². The zero-order chi connectivity index (χ0) is 14.2. The molecule has 1 aliphatic heterocycles. The summed E-state index contributed by atoms with van der Waals surface area (Å²) in [5.41, 5.74) is 2.46. The molecule has 2 heterocycles. The number of Topliss-reactive ketones (excluding diaryl/α,β-unsaturated/α-hetero) is 2. The largest absolute Gasteiger partial charge is 0.373 e. The fourth-order valence-corrected chi connectivity index (χ4v) is 3.25. The van der Waals surface area contributed by atoms with E-state index < -0.39 is 0 Å². The smallest absolute Gasteiger partial charge is 0.175 e. The summed E-state index contributed by atoms with van der Waals surface area (Å²) in [6.07, 6.45) is 1.73. The molecule has 1 N–H and O–H groups in total. The number of ketones is 2. The maximum absolute atomic E-state index is 12.1. The maximum Gasteiger partial charge on any atom is 0.175 e. The summed E-state index contributed by atoms with van der Waals surface area (Å²) >= 11 is 1.26. The molecule has 5 heteroatoms. The summed E-state index contributed by atoms with van der Waals surface area (Å²) < 4.78 is 0. The number of carbonyl (C=O) groups excluding carboxylic acids is 2. The van der Waals surface area contributed by atoms with Crippen molar-refractivity contribution < 1.29 is 9.59 Å². The van der Waals surface area contributed by atoms with E-state index in [2.05, 4.69) is 0 Å². The molecule has 1 aromatic rings. The van der Waals surface area contributed by atoms with Gasteiger partial charge < -0.3 is 10.3 Å². The van der Waals surface area contributed by atoms with Gasteiger partial charge in [0.05, 0.1) is 9.75 Å². The third kappa shape index (κ3) is 2.38. The molecule has 0 fully saturated rings. The number of rotatable bonds is 2. The van der Waals surface area contributed by atoms with Crippen molar-refractivity contribution >= 4 is 34.8 Å². The Labute approximate surface area is 116 Å². The lowest BCUT2D eigenvalue weighted by Gasteiger charge is -2.21. The molecule has 0 bridgehead atoms. The highest BCUT2D eigenvalue weighted by atomic mass is 32.1. The highest BCUT2D eigenvalue weighted by Gasteiger charge is 2.26. The third-order valence-corrected chi connectivity index (χ3v) is 4.51. The SMILES string of the molecule is CC(=O)c1cc2c(s1)C(=O)CCN(C)/C2=C(/C)C=N. The van der Waals surface area contributed by atoms with E-state index in [1.807, 2.05) is 18.9 Å². The number of nitrogens with one attached hydrogen (secondary N) is 1. The highest BCUT2D eigenvalue weighted by molar-refractivity contribution is 7.16. The van der Waals surface area contributed by atoms with Gasteiger partial charge in [0.2, 0.25) is 0 Å². The minimum absolute atomic E-state index is 0.0274. The third-order valence-electron chi connectivity index (χ3n) is 3.23. The molecular formula is C14H16N2O2S. The number of fused-ring (bicyclic) bond motifs is 1. The number of allylic oxidation sites excluding steroid dienone is 1. The van der Waals surface area contributed by atoms with Gasteiger partial charge in [-0.1, -0.05) is 0 Å². The fourth-order valence-electron chi connectivity index (χ4n) is 2.23. The first-order valence-corrected chi connectivity index (χ1v) is 6.88. The number of thiophene rings is 1. The molecule has 1 aliphatic rings. The molecule has 0 atom stereocenters. The average molecular weight is 276 g/mol. The van der Waals surface area contributed by atoms with Crippen molar-refractivity contribution in [2.24, 2.45) is 0 Å². The fraction of sp³-hybridized carbons (Fsp3) is 0.357. The van der Waals surface area contributed by atoms with Crippen LogP contribution >= 0.6 is 11.3 Å². The van der Waals surface area contributed by atoms with E-state index in [9.17, 15) is 9.59 Å². The first kappa shape index (κ1) is 13.7. The van der Waals surface area contributed by atoms with Crippen LogP contribution in [0.4, 0.5) is 0 Å². The molecule has 4 nitrogen and oxygen atoms in total. The second kappa shape index (κ2) is 5.09. The van der Waals surface area contributed by atoms with Gasteiger partial charge in [-0.25, -0.2) is 0 Å². The van der Waals surface area contributed by atoms with Gasteiger partial charge in [0, 0.05) is 37.5 Å². The molecule has 0 aliphatic carbocycles. The van der Waals surface area contributed by atoms with Crippen LogP contribution in [0.2, 0.25) is 0 Å². The van der Waals surface area contributed by atoms with Gasteiger partial charge in [0.1, 0.15) is 0 Å². The van der Waals surface area contributed by atoms with Gasteiger partial charge >= 0.3 is 0 Å². The predicted octanol–water partition coefficient (Wildman–Crippen LogP) is 2.85. The Kier molecular flexibility index (Phi) is 3.66. The van der Waals surface area contributed by atoms with E-state index in [1.165, 1.54) is 24.5 Å². The molecule has 0 spiro atoms.